The Kier molecular flexibility index (Phi) is 5.32. The van der Waals surface area contributed by atoms with Gasteiger partial charge in [0.05, 0.1) is 18.1 Å². The van der Waals surface area contributed by atoms with Crippen molar-refractivity contribution in [3.8, 4) is 0 Å². The Labute approximate surface area is 135 Å². The highest BCUT2D eigenvalue weighted by Crippen LogP contribution is 2.28. The Hall–Kier alpha value is -1.72. The molecule has 118 valence electrons. The molecule has 2 N–H and O–H groups in total. The Morgan fingerprint density at radius 2 is 2.09 bits per heavy atom. The van der Waals surface area contributed by atoms with E-state index in [1.54, 1.807) is 11.3 Å². The van der Waals surface area contributed by atoms with Crippen molar-refractivity contribution in [1.82, 2.24) is 10.3 Å². The van der Waals surface area contributed by atoms with Crippen LogP contribution in [0.1, 0.15) is 49.1 Å². The summed E-state index contributed by atoms with van der Waals surface area (Å²) < 4.78 is 0. The summed E-state index contributed by atoms with van der Waals surface area (Å²) >= 11 is 1.55. The third-order valence-electron chi connectivity index (χ3n) is 3.78. The molecule has 0 spiro atoms. The van der Waals surface area contributed by atoms with Crippen LogP contribution in [0, 0.1) is 6.92 Å². The second-order valence-electron chi connectivity index (χ2n) is 5.66. The monoisotopic (exact) mass is 318 g/mol. The molecule has 0 bridgehead atoms. The fourth-order valence-corrected chi connectivity index (χ4v) is 3.21. The van der Waals surface area contributed by atoms with E-state index in [9.17, 15) is 9.90 Å². The summed E-state index contributed by atoms with van der Waals surface area (Å²) in [5, 5.41) is 16.1. The van der Waals surface area contributed by atoms with E-state index in [1.807, 2.05) is 56.5 Å². The van der Waals surface area contributed by atoms with Gasteiger partial charge in [-0.05, 0) is 25.8 Å². The van der Waals surface area contributed by atoms with E-state index in [1.165, 1.54) is 0 Å². The molecule has 2 atom stereocenters. The van der Waals surface area contributed by atoms with E-state index in [-0.39, 0.29) is 12.3 Å². The molecule has 4 nitrogen and oxygen atoms in total. The Morgan fingerprint density at radius 3 is 2.64 bits per heavy atom. The van der Waals surface area contributed by atoms with Gasteiger partial charge in [0.1, 0.15) is 5.01 Å². The molecular formula is C17H22N2O2S. The van der Waals surface area contributed by atoms with Gasteiger partial charge >= 0.3 is 0 Å². The van der Waals surface area contributed by atoms with Gasteiger partial charge in [0.25, 0.3) is 0 Å². The number of amides is 1. The predicted octanol–water partition coefficient (Wildman–Crippen LogP) is 3.32. The van der Waals surface area contributed by atoms with Crippen molar-refractivity contribution in [2.45, 2.75) is 45.3 Å². The number of aryl methyl sites for hydroxylation is 1. The van der Waals surface area contributed by atoms with Gasteiger partial charge < -0.3 is 10.4 Å². The number of carbonyl (C=O) groups is 1. The lowest BCUT2D eigenvalue weighted by Gasteiger charge is -2.28. The molecule has 0 aliphatic heterocycles. The molecule has 0 aliphatic carbocycles. The van der Waals surface area contributed by atoms with Crippen LogP contribution in [0.25, 0.3) is 0 Å². The zero-order valence-corrected chi connectivity index (χ0v) is 14.0. The molecule has 2 aromatic rings. The second-order valence-corrected chi connectivity index (χ2v) is 6.52. The summed E-state index contributed by atoms with van der Waals surface area (Å²) in [6.45, 7) is 5.93. The number of benzene rings is 1. The first-order valence-electron chi connectivity index (χ1n) is 7.41. The summed E-state index contributed by atoms with van der Waals surface area (Å²) in [5.74, 6) is -0.173. The van der Waals surface area contributed by atoms with E-state index in [0.29, 0.717) is 0 Å². The lowest BCUT2D eigenvalue weighted by atomic mass is 9.98. The quantitative estimate of drug-likeness (QED) is 0.859. The SMILES string of the molecule is CCC(C)(NC(=O)CC(O)c1ccccc1)c1nc(C)cs1. The van der Waals surface area contributed by atoms with Crippen LogP contribution in [0.3, 0.4) is 0 Å². The standard InChI is InChI=1S/C17H22N2O2S/c1-4-17(3,16-18-12(2)11-22-16)19-15(21)10-14(20)13-8-6-5-7-9-13/h5-9,11,14,20H,4,10H2,1-3H3,(H,19,21). The second kappa shape index (κ2) is 7.03. The fourth-order valence-electron chi connectivity index (χ4n) is 2.23. The molecule has 5 heteroatoms. The first kappa shape index (κ1) is 16.6. The fraction of sp³-hybridized carbons (Fsp3) is 0.412. The number of nitrogens with zero attached hydrogens (tertiary/aromatic N) is 1. The number of thiazole rings is 1. The third-order valence-corrected chi connectivity index (χ3v) is 5.00. The highest BCUT2D eigenvalue weighted by Gasteiger charge is 2.30. The van der Waals surface area contributed by atoms with Crippen molar-refractivity contribution in [2.75, 3.05) is 0 Å². The van der Waals surface area contributed by atoms with Crippen molar-refractivity contribution in [2.24, 2.45) is 0 Å². The Bertz CT molecular complexity index is 627. The molecule has 1 aromatic heterocycles. The van der Waals surface area contributed by atoms with E-state index < -0.39 is 11.6 Å². The molecule has 2 rings (SSSR count). The van der Waals surface area contributed by atoms with Crippen molar-refractivity contribution in [3.63, 3.8) is 0 Å². The number of aromatic nitrogens is 1. The number of aliphatic hydroxyl groups is 1. The van der Waals surface area contributed by atoms with E-state index in [4.69, 9.17) is 0 Å². The third kappa shape index (κ3) is 3.93. The average Bonchev–Trinajstić information content (AvgIpc) is 2.95. The lowest BCUT2D eigenvalue weighted by molar-refractivity contribution is -0.125. The number of hydrogen-bond donors (Lipinski definition) is 2. The van der Waals surface area contributed by atoms with Crippen LogP contribution in [0.15, 0.2) is 35.7 Å². The normalized spacial score (nSPS) is 15.1. The van der Waals surface area contributed by atoms with Crippen LogP contribution in [0.4, 0.5) is 0 Å². The minimum Gasteiger partial charge on any atom is -0.388 e. The molecule has 1 amide bonds. The maximum absolute atomic E-state index is 12.3. The van der Waals surface area contributed by atoms with Crippen molar-refractivity contribution in [1.29, 1.82) is 0 Å². The number of hydrogen-bond acceptors (Lipinski definition) is 4. The van der Waals surface area contributed by atoms with Gasteiger partial charge in [-0.1, -0.05) is 37.3 Å². The number of rotatable bonds is 6. The van der Waals surface area contributed by atoms with Gasteiger partial charge in [-0.3, -0.25) is 4.79 Å². The molecule has 1 heterocycles. The summed E-state index contributed by atoms with van der Waals surface area (Å²) in [6.07, 6.45) is -0.00258. The van der Waals surface area contributed by atoms with E-state index >= 15 is 0 Å². The topological polar surface area (TPSA) is 62.2 Å². The Balaban J connectivity index is 2.03. The van der Waals surface area contributed by atoms with Crippen molar-refractivity contribution < 1.29 is 9.90 Å². The highest BCUT2D eigenvalue weighted by molar-refractivity contribution is 7.09. The maximum atomic E-state index is 12.3. The lowest BCUT2D eigenvalue weighted by Crippen LogP contribution is -2.43. The van der Waals surface area contributed by atoms with Crippen LogP contribution < -0.4 is 5.32 Å². The Morgan fingerprint density at radius 1 is 1.41 bits per heavy atom. The van der Waals surface area contributed by atoms with Crippen molar-refractivity contribution >= 4 is 17.2 Å². The van der Waals surface area contributed by atoms with E-state index in [0.717, 1.165) is 22.7 Å². The van der Waals surface area contributed by atoms with Gasteiger partial charge in [-0.2, -0.15) is 0 Å². The van der Waals surface area contributed by atoms with Crippen LogP contribution in [0.2, 0.25) is 0 Å². The van der Waals surface area contributed by atoms with Crippen LogP contribution in [0.5, 0.6) is 0 Å². The number of carbonyl (C=O) groups excluding carboxylic acids is 1. The molecule has 0 saturated carbocycles. The first-order valence-corrected chi connectivity index (χ1v) is 8.29. The smallest absolute Gasteiger partial charge is 0.223 e. The van der Waals surface area contributed by atoms with Crippen LogP contribution in [-0.4, -0.2) is 16.0 Å². The number of aliphatic hydroxyl groups excluding tert-OH is 1. The molecule has 0 aliphatic rings. The van der Waals surface area contributed by atoms with Crippen LogP contribution in [-0.2, 0) is 10.3 Å². The van der Waals surface area contributed by atoms with E-state index in [2.05, 4.69) is 10.3 Å². The maximum Gasteiger partial charge on any atom is 0.223 e. The highest BCUT2D eigenvalue weighted by atomic mass is 32.1. The molecule has 0 saturated heterocycles. The zero-order valence-electron chi connectivity index (χ0n) is 13.2. The molecule has 2 unspecified atom stereocenters. The summed E-state index contributed by atoms with van der Waals surface area (Å²) in [7, 11) is 0. The van der Waals surface area contributed by atoms with Gasteiger partial charge in [-0.25, -0.2) is 4.98 Å². The van der Waals surface area contributed by atoms with Crippen molar-refractivity contribution in [3.05, 3.63) is 52.0 Å². The minimum absolute atomic E-state index is 0.0456. The van der Waals surface area contributed by atoms with Gasteiger partial charge in [0.15, 0.2) is 0 Å². The van der Waals surface area contributed by atoms with Gasteiger partial charge in [-0.15, -0.1) is 11.3 Å². The summed E-state index contributed by atoms with van der Waals surface area (Å²) in [4.78, 5) is 16.8. The van der Waals surface area contributed by atoms with Gasteiger partial charge in [0, 0.05) is 11.1 Å². The minimum atomic E-state index is -0.791. The average molecular weight is 318 g/mol. The molecule has 0 radical (unpaired) electrons. The molecular weight excluding hydrogens is 296 g/mol. The summed E-state index contributed by atoms with van der Waals surface area (Å²) in [6, 6.07) is 9.23. The zero-order chi connectivity index (χ0) is 16.2. The molecule has 0 fully saturated rings. The molecule has 22 heavy (non-hydrogen) atoms. The predicted molar refractivity (Wildman–Crippen MR) is 88.7 cm³/mol. The first-order chi connectivity index (χ1) is 10.4. The largest absolute Gasteiger partial charge is 0.388 e. The van der Waals surface area contributed by atoms with Gasteiger partial charge in [0.2, 0.25) is 5.91 Å². The molecule has 1 aromatic carbocycles. The summed E-state index contributed by atoms with van der Waals surface area (Å²) in [5.41, 5.74) is 1.21. The number of nitrogens with one attached hydrogen (secondary N) is 1. The van der Waals surface area contributed by atoms with Crippen LogP contribution >= 0.6 is 11.3 Å².